The summed E-state index contributed by atoms with van der Waals surface area (Å²) in [6.45, 7) is 16.1. The highest BCUT2D eigenvalue weighted by Crippen LogP contribution is 2.15. The van der Waals surface area contributed by atoms with E-state index in [0.29, 0.717) is 6.04 Å². The molecule has 1 amide bonds. The third-order valence-electron chi connectivity index (χ3n) is 4.14. The van der Waals surface area contributed by atoms with Crippen LogP contribution in [0.5, 0.6) is 0 Å². The maximum atomic E-state index is 12.1. The van der Waals surface area contributed by atoms with Crippen molar-refractivity contribution in [2.75, 3.05) is 39.3 Å². The van der Waals surface area contributed by atoms with Crippen molar-refractivity contribution in [2.45, 2.75) is 65.5 Å². The van der Waals surface area contributed by atoms with Gasteiger partial charge in [-0.2, -0.15) is 0 Å². The molecule has 1 heterocycles. The Hall–Kier alpha value is -0.810. The Bertz CT molecular complexity index is 324. The Kier molecular flexibility index (Phi) is 8.18. The summed E-state index contributed by atoms with van der Waals surface area (Å²) in [6, 6.07) is 0.517. The number of hydrogen-bond acceptors (Lipinski definition) is 4. The van der Waals surface area contributed by atoms with Gasteiger partial charge in [-0.15, -0.1) is 0 Å². The monoisotopic (exact) mass is 313 g/mol. The van der Waals surface area contributed by atoms with E-state index in [4.69, 9.17) is 4.74 Å². The van der Waals surface area contributed by atoms with Crippen LogP contribution in [0.3, 0.4) is 0 Å². The molecule has 1 saturated heterocycles. The Balaban J connectivity index is 2.31. The molecule has 1 atom stereocenters. The average Bonchev–Trinajstić information content (AvgIpc) is 2.67. The summed E-state index contributed by atoms with van der Waals surface area (Å²) in [6.07, 6.45) is 3.02. The second-order valence-electron chi connectivity index (χ2n) is 7.08. The average molecular weight is 313 g/mol. The minimum Gasteiger partial charge on any atom is -0.444 e. The molecule has 1 rings (SSSR count). The van der Waals surface area contributed by atoms with Crippen molar-refractivity contribution in [1.29, 1.82) is 0 Å². The molecule has 0 radical (unpaired) electrons. The van der Waals surface area contributed by atoms with Gasteiger partial charge in [0, 0.05) is 32.2 Å². The van der Waals surface area contributed by atoms with Crippen LogP contribution in [0.1, 0.15) is 53.9 Å². The number of ether oxygens (including phenoxy) is 1. The van der Waals surface area contributed by atoms with E-state index in [0.717, 1.165) is 58.5 Å². The van der Waals surface area contributed by atoms with Crippen LogP contribution in [0.4, 0.5) is 4.79 Å². The second-order valence-corrected chi connectivity index (χ2v) is 7.08. The number of hydrogen-bond donors (Lipinski definition) is 1. The fourth-order valence-electron chi connectivity index (χ4n) is 2.78. The third-order valence-corrected chi connectivity index (χ3v) is 4.14. The molecule has 5 nitrogen and oxygen atoms in total. The van der Waals surface area contributed by atoms with Crippen molar-refractivity contribution in [3.8, 4) is 0 Å². The lowest BCUT2D eigenvalue weighted by molar-refractivity contribution is 0.0256. The molecule has 0 aromatic carbocycles. The highest BCUT2D eigenvalue weighted by molar-refractivity contribution is 5.68. The van der Waals surface area contributed by atoms with Gasteiger partial charge in [0.1, 0.15) is 5.60 Å². The zero-order valence-corrected chi connectivity index (χ0v) is 15.2. The van der Waals surface area contributed by atoms with Crippen molar-refractivity contribution in [3.63, 3.8) is 0 Å². The first kappa shape index (κ1) is 19.2. The summed E-state index contributed by atoms with van der Waals surface area (Å²) in [5.41, 5.74) is -0.412. The quantitative estimate of drug-likeness (QED) is 0.819. The highest BCUT2D eigenvalue weighted by atomic mass is 16.6. The van der Waals surface area contributed by atoms with Gasteiger partial charge in [-0.25, -0.2) is 4.79 Å². The predicted molar refractivity (Wildman–Crippen MR) is 91.2 cm³/mol. The number of carbonyl (C=O) groups is 1. The summed E-state index contributed by atoms with van der Waals surface area (Å²) in [7, 11) is 0. The normalized spacial score (nSPS) is 20.1. The molecule has 1 aliphatic heterocycles. The SMILES string of the molecule is CCN(CC)CCNC1CCCN(C(=O)OC(C)(C)C)CC1. The van der Waals surface area contributed by atoms with Crippen molar-refractivity contribution >= 4 is 6.09 Å². The topological polar surface area (TPSA) is 44.8 Å². The summed E-state index contributed by atoms with van der Waals surface area (Å²) in [5, 5.41) is 3.65. The van der Waals surface area contributed by atoms with E-state index in [2.05, 4.69) is 24.1 Å². The first-order valence-electron chi connectivity index (χ1n) is 8.79. The largest absolute Gasteiger partial charge is 0.444 e. The van der Waals surface area contributed by atoms with Gasteiger partial charge in [-0.05, 0) is 53.1 Å². The van der Waals surface area contributed by atoms with Gasteiger partial charge in [0.2, 0.25) is 0 Å². The Morgan fingerprint density at radius 1 is 1.23 bits per heavy atom. The standard InChI is InChI=1S/C17H35N3O2/c1-6-19(7-2)14-11-18-15-9-8-12-20(13-10-15)16(21)22-17(3,4)5/h15,18H,6-14H2,1-5H3. The molecule has 0 saturated carbocycles. The predicted octanol–water partition coefficient (Wildman–Crippen LogP) is 2.71. The lowest BCUT2D eigenvalue weighted by atomic mass is 10.1. The Labute approximate surface area is 136 Å². The van der Waals surface area contributed by atoms with Crippen LogP contribution in [0.25, 0.3) is 0 Å². The van der Waals surface area contributed by atoms with E-state index in [1.807, 2.05) is 25.7 Å². The molecular weight excluding hydrogens is 278 g/mol. The maximum absolute atomic E-state index is 12.1. The molecule has 22 heavy (non-hydrogen) atoms. The molecule has 0 bridgehead atoms. The number of carbonyl (C=O) groups excluding carboxylic acids is 1. The van der Waals surface area contributed by atoms with Gasteiger partial charge in [-0.1, -0.05) is 13.8 Å². The van der Waals surface area contributed by atoms with E-state index >= 15 is 0 Å². The number of likely N-dealkylation sites (N-methyl/N-ethyl adjacent to an activating group) is 1. The van der Waals surface area contributed by atoms with E-state index in [1.165, 1.54) is 0 Å². The van der Waals surface area contributed by atoms with Crippen LogP contribution in [-0.4, -0.2) is 66.8 Å². The molecule has 0 aromatic rings. The smallest absolute Gasteiger partial charge is 0.410 e. The van der Waals surface area contributed by atoms with Crippen molar-refractivity contribution in [1.82, 2.24) is 15.1 Å². The third kappa shape index (κ3) is 7.45. The molecule has 0 aliphatic carbocycles. The number of nitrogens with zero attached hydrogens (tertiary/aromatic N) is 2. The zero-order valence-electron chi connectivity index (χ0n) is 15.2. The van der Waals surface area contributed by atoms with Gasteiger partial charge in [-0.3, -0.25) is 0 Å². The van der Waals surface area contributed by atoms with Crippen molar-refractivity contribution < 1.29 is 9.53 Å². The van der Waals surface area contributed by atoms with Crippen LogP contribution < -0.4 is 5.32 Å². The van der Waals surface area contributed by atoms with Gasteiger partial charge < -0.3 is 19.9 Å². The van der Waals surface area contributed by atoms with E-state index < -0.39 is 5.60 Å². The molecule has 1 unspecified atom stereocenters. The summed E-state index contributed by atoms with van der Waals surface area (Å²) < 4.78 is 5.47. The molecular formula is C17H35N3O2. The first-order chi connectivity index (χ1) is 10.4. The second kappa shape index (κ2) is 9.36. The zero-order chi connectivity index (χ0) is 16.6. The summed E-state index contributed by atoms with van der Waals surface area (Å²) in [5.74, 6) is 0. The van der Waals surface area contributed by atoms with Crippen molar-refractivity contribution in [3.05, 3.63) is 0 Å². The van der Waals surface area contributed by atoms with Gasteiger partial charge in [0.25, 0.3) is 0 Å². The highest BCUT2D eigenvalue weighted by Gasteiger charge is 2.24. The minimum atomic E-state index is -0.412. The minimum absolute atomic E-state index is 0.170. The number of amides is 1. The molecule has 0 spiro atoms. The fraction of sp³-hybridized carbons (Fsp3) is 0.941. The van der Waals surface area contributed by atoms with Crippen LogP contribution in [0.2, 0.25) is 0 Å². The van der Waals surface area contributed by atoms with Gasteiger partial charge >= 0.3 is 6.09 Å². The number of rotatable bonds is 6. The van der Waals surface area contributed by atoms with Crippen LogP contribution in [0, 0.1) is 0 Å². The van der Waals surface area contributed by atoms with E-state index in [-0.39, 0.29) is 6.09 Å². The van der Waals surface area contributed by atoms with E-state index in [9.17, 15) is 4.79 Å². The van der Waals surface area contributed by atoms with Crippen LogP contribution in [-0.2, 0) is 4.74 Å². The van der Waals surface area contributed by atoms with Gasteiger partial charge in [0.15, 0.2) is 0 Å². The Morgan fingerprint density at radius 2 is 1.91 bits per heavy atom. The number of nitrogens with one attached hydrogen (secondary N) is 1. The maximum Gasteiger partial charge on any atom is 0.410 e. The van der Waals surface area contributed by atoms with E-state index in [1.54, 1.807) is 0 Å². The molecule has 1 fully saturated rings. The lowest BCUT2D eigenvalue weighted by Gasteiger charge is -2.26. The molecule has 0 aromatic heterocycles. The van der Waals surface area contributed by atoms with Crippen LogP contribution in [0.15, 0.2) is 0 Å². The molecule has 5 heteroatoms. The molecule has 1 N–H and O–H groups in total. The van der Waals surface area contributed by atoms with Gasteiger partial charge in [0.05, 0.1) is 0 Å². The summed E-state index contributed by atoms with van der Waals surface area (Å²) >= 11 is 0. The molecule has 1 aliphatic rings. The number of likely N-dealkylation sites (tertiary alicyclic amines) is 1. The van der Waals surface area contributed by atoms with Crippen LogP contribution >= 0.6 is 0 Å². The van der Waals surface area contributed by atoms with Crippen molar-refractivity contribution in [2.24, 2.45) is 0 Å². The first-order valence-corrected chi connectivity index (χ1v) is 8.79. The molecule has 130 valence electrons. The lowest BCUT2D eigenvalue weighted by Crippen LogP contribution is -2.39. The fourth-order valence-corrected chi connectivity index (χ4v) is 2.78. The summed E-state index contributed by atoms with van der Waals surface area (Å²) in [4.78, 5) is 16.4. The Morgan fingerprint density at radius 3 is 2.50 bits per heavy atom.